The topological polar surface area (TPSA) is 37.4 Å². The largest absolute Gasteiger partial charge is 0.496 e. The van der Waals surface area contributed by atoms with Crippen molar-refractivity contribution in [2.75, 3.05) is 20.2 Å². The first-order valence-corrected chi connectivity index (χ1v) is 7.99. The van der Waals surface area contributed by atoms with Crippen LogP contribution in [0.3, 0.4) is 0 Å². The Bertz CT molecular complexity index is 467. The van der Waals surface area contributed by atoms with Gasteiger partial charge < -0.3 is 10.1 Å². The molecule has 4 heteroatoms. The number of aryl methyl sites for hydroxylation is 1. The molecule has 1 atom stereocenters. The minimum atomic E-state index is 0.515. The highest BCUT2D eigenvalue weighted by Gasteiger charge is 2.21. The van der Waals surface area contributed by atoms with Gasteiger partial charge in [0, 0.05) is 42.5 Å². The van der Waals surface area contributed by atoms with E-state index in [4.69, 9.17) is 4.74 Å². The van der Waals surface area contributed by atoms with E-state index in [1.807, 2.05) is 13.1 Å². The van der Waals surface area contributed by atoms with E-state index < -0.39 is 0 Å². The van der Waals surface area contributed by atoms with Crippen molar-refractivity contribution >= 4 is 0 Å². The predicted octanol–water partition coefficient (Wildman–Crippen LogP) is 2.67. The van der Waals surface area contributed by atoms with Crippen LogP contribution < -0.4 is 10.1 Å². The molecule has 0 saturated carbocycles. The van der Waals surface area contributed by atoms with Gasteiger partial charge in [0.1, 0.15) is 5.75 Å². The summed E-state index contributed by atoms with van der Waals surface area (Å²) in [6.07, 6.45) is 4.51. The third kappa shape index (κ3) is 3.95. The molecule has 4 nitrogen and oxygen atoms in total. The number of methoxy groups -OCH3 is 1. The fraction of sp³-hybridized carbons (Fsp3) is 0.706. The number of nitrogens with one attached hydrogen (secondary N) is 1. The Hall–Kier alpha value is -1.13. The maximum absolute atomic E-state index is 5.52. The molecular formula is C17H29N3O. The molecule has 0 radical (unpaired) electrons. The van der Waals surface area contributed by atoms with E-state index in [0.717, 1.165) is 36.6 Å². The van der Waals surface area contributed by atoms with Gasteiger partial charge in [-0.3, -0.25) is 9.88 Å². The van der Waals surface area contributed by atoms with E-state index in [1.165, 1.54) is 18.4 Å². The molecule has 0 aromatic carbocycles. The monoisotopic (exact) mass is 291 g/mol. The van der Waals surface area contributed by atoms with E-state index >= 15 is 0 Å². The first-order chi connectivity index (χ1) is 10.0. The van der Waals surface area contributed by atoms with Gasteiger partial charge in [0.05, 0.1) is 12.8 Å². The van der Waals surface area contributed by atoms with Crippen molar-refractivity contribution in [3.63, 3.8) is 0 Å². The minimum Gasteiger partial charge on any atom is -0.496 e. The van der Waals surface area contributed by atoms with Crippen molar-refractivity contribution in [2.24, 2.45) is 0 Å². The summed E-state index contributed by atoms with van der Waals surface area (Å²) in [7, 11) is 1.74. The summed E-state index contributed by atoms with van der Waals surface area (Å²) in [5.41, 5.74) is 3.40. The van der Waals surface area contributed by atoms with Crippen molar-refractivity contribution in [2.45, 2.75) is 59.2 Å². The Balaban J connectivity index is 2.12. The van der Waals surface area contributed by atoms with E-state index in [2.05, 4.69) is 36.0 Å². The lowest BCUT2D eigenvalue weighted by molar-refractivity contribution is 0.191. The van der Waals surface area contributed by atoms with Crippen LogP contribution in [0, 0.1) is 13.8 Å². The molecule has 21 heavy (non-hydrogen) atoms. The molecule has 1 saturated heterocycles. The second kappa shape index (κ2) is 7.23. The molecule has 2 rings (SSSR count). The number of hydrogen-bond acceptors (Lipinski definition) is 4. The van der Waals surface area contributed by atoms with Crippen LogP contribution in [0.1, 0.15) is 43.5 Å². The third-order valence-corrected chi connectivity index (χ3v) is 4.45. The normalized spacial score (nSPS) is 18.7. The van der Waals surface area contributed by atoms with Gasteiger partial charge >= 0.3 is 0 Å². The number of hydrogen-bond donors (Lipinski definition) is 1. The van der Waals surface area contributed by atoms with E-state index in [-0.39, 0.29) is 0 Å². The molecule has 2 heterocycles. The van der Waals surface area contributed by atoms with Crippen molar-refractivity contribution in [1.82, 2.24) is 15.2 Å². The Morgan fingerprint density at radius 2 is 2.19 bits per heavy atom. The van der Waals surface area contributed by atoms with Crippen molar-refractivity contribution in [3.8, 4) is 5.75 Å². The molecule has 118 valence electrons. The molecule has 1 aromatic heterocycles. The Morgan fingerprint density at radius 1 is 1.43 bits per heavy atom. The van der Waals surface area contributed by atoms with Crippen molar-refractivity contribution in [1.29, 1.82) is 0 Å². The molecule has 1 aliphatic heterocycles. The summed E-state index contributed by atoms with van der Waals surface area (Å²) >= 11 is 0. The fourth-order valence-corrected chi connectivity index (χ4v) is 3.08. The highest BCUT2D eigenvalue weighted by molar-refractivity contribution is 5.41. The van der Waals surface area contributed by atoms with Gasteiger partial charge in [0.2, 0.25) is 0 Å². The zero-order chi connectivity index (χ0) is 15.4. The van der Waals surface area contributed by atoms with Gasteiger partial charge in [-0.05, 0) is 47.1 Å². The zero-order valence-corrected chi connectivity index (χ0v) is 14.1. The highest BCUT2D eigenvalue weighted by Crippen LogP contribution is 2.25. The Labute approximate surface area is 128 Å². The molecule has 1 fully saturated rings. The highest BCUT2D eigenvalue weighted by atomic mass is 16.5. The lowest BCUT2D eigenvalue weighted by Gasteiger charge is -2.29. The van der Waals surface area contributed by atoms with E-state index in [9.17, 15) is 0 Å². The van der Waals surface area contributed by atoms with Gasteiger partial charge in [-0.25, -0.2) is 0 Å². The third-order valence-electron chi connectivity index (χ3n) is 4.45. The summed E-state index contributed by atoms with van der Waals surface area (Å²) < 4.78 is 5.52. The molecule has 0 aliphatic carbocycles. The maximum atomic E-state index is 5.52. The second-order valence-corrected chi connectivity index (χ2v) is 6.36. The van der Waals surface area contributed by atoms with Gasteiger partial charge in [-0.15, -0.1) is 0 Å². The number of rotatable bonds is 6. The molecule has 0 spiro atoms. The fourth-order valence-electron chi connectivity index (χ4n) is 3.08. The molecule has 1 N–H and O–H groups in total. The Morgan fingerprint density at radius 3 is 2.76 bits per heavy atom. The molecule has 0 bridgehead atoms. The van der Waals surface area contributed by atoms with E-state index in [0.29, 0.717) is 12.1 Å². The minimum absolute atomic E-state index is 0.515. The van der Waals surface area contributed by atoms with Crippen LogP contribution >= 0.6 is 0 Å². The van der Waals surface area contributed by atoms with Crippen LogP contribution in [0.15, 0.2) is 6.20 Å². The maximum Gasteiger partial charge on any atom is 0.128 e. The average Bonchev–Trinajstić information content (AvgIpc) is 2.94. The quantitative estimate of drug-likeness (QED) is 0.874. The summed E-state index contributed by atoms with van der Waals surface area (Å²) in [5, 5.41) is 3.59. The van der Waals surface area contributed by atoms with Crippen LogP contribution in [0.4, 0.5) is 0 Å². The van der Waals surface area contributed by atoms with Crippen LogP contribution in [0.5, 0.6) is 5.75 Å². The number of pyridine rings is 1. The van der Waals surface area contributed by atoms with Crippen LogP contribution in [-0.4, -0.2) is 42.2 Å². The zero-order valence-electron chi connectivity index (χ0n) is 14.1. The summed E-state index contributed by atoms with van der Waals surface area (Å²) in [4.78, 5) is 7.15. The average molecular weight is 291 g/mol. The van der Waals surface area contributed by atoms with Crippen LogP contribution in [-0.2, 0) is 6.54 Å². The predicted molar refractivity (Wildman–Crippen MR) is 86.8 cm³/mol. The van der Waals surface area contributed by atoms with Crippen LogP contribution in [0.2, 0.25) is 0 Å². The lowest BCUT2D eigenvalue weighted by atomic mass is 10.1. The van der Waals surface area contributed by atoms with Gasteiger partial charge in [-0.1, -0.05) is 0 Å². The molecule has 1 unspecified atom stereocenters. The number of ether oxygens (including phenoxy) is 1. The first kappa shape index (κ1) is 16.2. The summed E-state index contributed by atoms with van der Waals surface area (Å²) in [6, 6.07) is 1.14. The van der Waals surface area contributed by atoms with Crippen molar-refractivity contribution in [3.05, 3.63) is 23.0 Å². The lowest BCUT2D eigenvalue weighted by Crippen LogP contribution is -2.41. The smallest absolute Gasteiger partial charge is 0.128 e. The second-order valence-electron chi connectivity index (χ2n) is 6.36. The SMILES string of the molecule is COc1c(C)cnc(CN(CC2CCCN2)C(C)C)c1C. The molecule has 1 aliphatic rings. The number of aromatic nitrogens is 1. The van der Waals surface area contributed by atoms with Gasteiger partial charge in [-0.2, -0.15) is 0 Å². The van der Waals surface area contributed by atoms with Gasteiger partial charge in [0.25, 0.3) is 0 Å². The molecular weight excluding hydrogens is 262 g/mol. The van der Waals surface area contributed by atoms with Crippen molar-refractivity contribution < 1.29 is 4.74 Å². The number of nitrogens with zero attached hydrogens (tertiary/aromatic N) is 2. The molecule has 0 amide bonds. The van der Waals surface area contributed by atoms with E-state index in [1.54, 1.807) is 7.11 Å². The summed E-state index contributed by atoms with van der Waals surface area (Å²) in [6.45, 7) is 11.8. The Kier molecular flexibility index (Phi) is 5.59. The first-order valence-electron chi connectivity index (χ1n) is 7.99. The summed E-state index contributed by atoms with van der Waals surface area (Å²) in [5.74, 6) is 0.975. The van der Waals surface area contributed by atoms with Gasteiger partial charge in [0.15, 0.2) is 0 Å². The van der Waals surface area contributed by atoms with Crippen LogP contribution in [0.25, 0.3) is 0 Å². The molecule has 1 aromatic rings. The standard InChI is InChI=1S/C17H29N3O/c1-12(2)20(10-15-7-6-8-18-15)11-16-14(4)17(21-5)13(3)9-19-16/h9,12,15,18H,6-8,10-11H2,1-5H3.